The minimum atomic E-state index is -1.06. The molecule has 0 bridgehead atoms. The second-order valence-electron chi connectivity index (χ2n) is 7.99. The summed E-state index contributed by atoms with van der Waals surface area (Å²) in [5.74, 6) is -2.00. The Hall–Kier alpha value is -1.13. The summed E-state index contributed by atoms with van der Waals surface area (Å²) in [7, 11) is 0. The number of nitrogens with one attached hydrogen (secondary N) is 1. The van der Waals surface area contributed by atoms with Crippen molar-refractivity contribution in [2.75, 3.05) is 6.61 Å². The first-order valence-corrected chi connectivity index (χ1v) is 11.2. The Morgan fingerprint density at radius 1 is 0.931 bits per heavy atom. The van der Waals surface area contributed by atoms with E-state index in [1.165, 1.54) is 11.8 Å². The summed E-state index contributed by atoms with van der Waals surface area (Å²) in [5, 5.41) is 20.9. The Morgan fingerprint density at radius 2 is 1.34 bits per heavy atom. The fourth-order valence-electron chi connectivity index (χ4n) is 2.48. The maximum absolute atomic E-state index is 11.3. The molecule has 29 heavy (non-hydrogen) atoms. The largest absolute Gasteiger partial charge is 0.480 e. The SMILES string of the molecule is CC(C)SC(C)(C)C(N)C(=O)O.CCOC(=O)N[C@H](C(=O)O)C(C)(C)SC(C)C. The molecule has 0 aromatic rings. The van der Waals surface area contributed by atoms with Gasteiger partial charge in [0, 0.05) is 9.49 Å². The molecule has 172 valence electrons. The summed E-state index contributed by atoms with van der Waals surface area (Å²) in [4.78, 5) is 33.1. The van der Waals surface area contributed by atoms with Crippen LogP contribution in [0.25, 0.3) is 0 Å². The summed E-state index contributed by atoms with van der Waals surface area (Å²) in [5.41, 5.74) is 5.52. The molecule has 0 fully saturated rings. The van der Waals surface area contributed by atoms with Gasteiger partial charge in [0.1, 0.15) is 12.1 Å². The van der Waals surface area contributed by atoms with E-state index in [4.69, 9.17) is 20.7 Å². The molecule has 2 atom stereocenters. The molecule has 0 heterocycles. The van der Waals surface area contributed by atoms with Crippen LogP contribution in [0.15, 0.2) is 0 Å². The topological polar surface area (TPSA) is 139 Å². The molecule has 0 radical (unpaired) electrons. The molecule has 0 saturated carbocycles. The number of carboxylic acid groups (broad SMARTS) is 2. The monoisotopic (exact) mass is 454 g/mol. The number of ether oxygens (including phenoxy) is 1. The summed E-state index contributed by atoms with van der Waals surface area (Å²) in [6.45, 7) is 17.2. The molecule has 0 aliphatic heterocycles. The standard InChI is InChI=1S/C11H21NO4S.C8H17NO2S/c1-6-16-10(15)12-8(9(13)14)11(4,5)17-7(2)3;1-5(2)12-8(3,4)6(9)7(10)11/h7-8H,6H2,1-5H3,(H,12,15)(H,13,14);5-6H,9H2,1-4H3,(H,10,11)/t8-;/m1./s1. The number of rotatable bonds is 10. The van der Waals surface area contributed by atoms with Crippen LogP contribution in [0.3, 0.4) is 0 Å². The zero-order chi connectivity index (χ0) is 23.6. The van der Waals surface area contributed by atoms with Gasteiger partial charge in [-0.05, 0) is 45.1 Å². The number of carbonyl (C=O) groups is 3. The van der Waals surface area contributed by atoms with Crippen molar-refractivity contribution in [3.63, 3.8) is 0 Å². The lowest BCUT2D eigenvalue weighted by Crippen LogP contribution is -2.53. The predicted octanol–water partition coefficient (Wildman–Crippen LogP) is 3.42. The van der Waals surface area contributed by atoms with Crippen molar-refractivity contribution in [2.24, 2.45) is 5.73 Å². The van der Waals surface area contributed by atoms with E-state index in [0.29, 0.717) is 5.25 Å². The number of nitrogens with two attached hydrogens (primary N) is 1. The lowest BCUT2D eigenvalue weighted by Gasteiger charge is -2.32. The molecule has 0 saturated heterocycles. The Bertz CT molecular complexity index is 539. The van der Waals surface area contributed by atoms with Crippen LogP contribution >= 0.6 is 23.5 Å². The van der Waals surface area contributed by atoms with Gasteiger partial charge in [-0.25, -0.2) is 9.59 Å². The van der Waals surface area contributed by atoms with Gasteiger partial charge in [0.05, 0.1) is 6.61 Å². The molecule has 1 amide bonds. The van der Waals surface area contributed by atoms with E-state index < -0.39 is 39.6 Å². The van der Waals surface area contributed by atoms with Crippen LogP contribution in [-0.4, -0.2) is 66.9 Å². The Kier molecular flexibility index (Phi) is 13.7. The Labute approximate surface area is 183 Å². The number of carbonyl (C=O) groups excluding carboxylic acids is 1. The number of alkyl carbamates (subject to hydrolysis) is 1. The quantitative estimate of drug-likeness (QED) is 0.391. The van der Waals surface area contributed by atoms with E-state index in [2.05, 4.69) is 5.32 Å². The van der Waals surface area contributed by atoms with Gasteiger partial charge in [0.25, 0.3) is 0 Å². The lowest BCUT2D eigenvalue weighted by atomic mass is 10.0. The second-order valence-corrected chi connectivity index (χ2v) is 12.5. The number of amides is 1. The van der Waals surface area contributed by atoms with Crippen LogP contribution in [0.4, 0.5) is 4.79 Å². The third-order valence-corrected chi connectivity index (χ3v) is 6.22. The minimum Gasteiger partial charge on any atom is -0.480 e. The van der Waals surface area contributed by atoms with Gasteiger partial charge >= 0.3 is 18.0 Å². The van der Waals surface area contributed by atoms with Crippen LogP contribution in [0.1, 0.15) is 62.3 Å². The Morgan fingerprint density at radius 3 is 1.66 bits per heavy atom. The summed E-state index contributed by atoms with van der Waals surface area (Å²) < 4.78 is 3.69. The Balaban J connectivity index is 0. The molecular weight excluding hydrogens is 416 g/mol. The zero-order valence-corrected chi connectivity index (χ0v) is 20.6. The minimum absolute atomic E-state index is 0.218. The third kappa shape index (κ3) is 12.9. The van der Waals surface area contributed by atoms with Gasteiger partial charge in [0.2, 0.25) is 0 Å². The smallest absolute Gasteiger partial charge is 0.407 e. The van der Waals surface area contributed by atoms with E-state index in [1.807, 2.05) is 41.5 Å². The molecule has 5 N–H and O–H groups in total. The van der Waals surface area contributed by atoms with Crippen LogP contribution in [-0.2, 0) is 14.3 Å². The first-order chi connectivity index (χ1) is 13.0. The highest BCUT2D eigenvalue weighted by Gasteiger charge is 2.38. The number of carboxylic acids is 2. The van der Waals surface area contributed by atoms with E-state index in [1.54, 1.807) is 32.5 Å². The second kappa shape index (κ2) is 13.2. The molecule has 8 nitrogen and oxygen atoms in total. The average Bonchev–Trinajstić information content (AvgIpc) is 2.49. The van der Waals surface area contributed by atoms with Crippen molar-refractivity contribution in [1.82, 2.24) is 5.32 Å². The highest BCUT2D eigenvalue weighted by Crippen LogP contribution is 2.32. The molecule has 0 rings (SSSR count). The van der Waals surface area contributed by atoms with Crippen LogP contribution in [0.2, 0.25) is 0 Å². The van der Waals surface area contributed by atoms with Crippen LogP contribution < -0.4 is 11.1 Å². The number of aliphatic carboxylic acids is 2. The van der Waals surface area contributed by atoms with Crippen LogP contribution in [0.5, 0.6) is 0 Å². The van der Waals surface area contributed by atoms with Gasteiger partial charge in [-0.2, -0.15) is 23.5 Å². The van der Waals surface area contributed by atoms with Crippen molar-refractivity contribution in [2.45, 2.75) is 94.4 Å². The maximum atomic E-state index is 11.3. The molecule has 0 spiro atoms. The number of hydrogen-bond donors (Lipinski definition) is 4. The van der Waals surface area contributed by atoms with E-state index in [0.717, 1.165) is 0 Å². The van der Waals surface area contributed by atoms with Gasteiger partial charge < -0.3 is 26.0 Å². The van der Waals surface area contributed by atoms with Gasteiger partial charge in [-0.3, -0.25) is 4.79 Å². The van der Waals surface area contributed by atoms with Gasteiger partial charge in [0.15, 0.2) is 0 Å². The average molecular weight is 455 g/mol. The fourth-order valence-corrected chi connectivity index (χ4v) is 5.45. The first kappa shape index (κ1) is 30.1. The van der Waals surface area contributed by atoms with E-state index >= 15 is 0 Å². The summed E-state index contributed by atoms with van der Waals surface area (Å²) in [6.07, 6.45) is -0.697. The van der Waals surface area contributed by atoms with Crippen molar-refractivity contribution >= 4 is 41.6 Å². The summed E-state index contributed by atoms with van der Waals surface area (Å²) in [6, 6.07) is -1.78. The molecule has 0 aromatic heterocycles. The maximum Gasteiger partial charge on any atom is 0.407 e. The molecule has 0 aromatic carbocycles. The summed E-state index contributed by atoms with van der Waals surface area (Å²) >= 11 is 3.09. The highest BCUT2D eigenvalue weighted by atomic mass is 32.2. The molecule has 0 aliphatic rings. The zero-order valence-electron chi connectivity index (χ0n) is 18.9. The number of hydrogen-bond acceptors (Lipinski definition) is 7. The predicted molar refractivity (Wildman–Crippen MR) is 121 cm³/mol. The first-order valence-electron chi connectivity index (χ1n) is 9.48. The fraction of sp³-hybridized carbons (Fsp3) is 0.842. The van der Waals surface area contributed by atoms with Gasteiger partial charge in [-0.1, -0.05) is 27.7 Å². The van der Waals surface area contributed by atoms with E-state index in [9.17, 15) is 14.4 Å². The molecule has 10 heteroatoms. The normalized spacial score (nSPS) is 13.9. The van der Waals surface area contributed by atoms with Crippen LogP contribution in [0, 0.1) is 0 Å². The molecular formula is C19H38N2O6S2. The van der Waals surface area contributed by atoms with E-state index in [-0.39, 0.29) is 11.9 Å². The van der Waals surface area contributed by atoms with Crippen molar-refractivity contribution < 1.29 is 29.3 Å². The van der Waals surface area contributed by atoms with Crippen molar-refractivity contribution in [3.05, 3.63) is 0 Å². The third-order valence-electron chi connectivity index (χ3n) is 3.57. The van der Waals surface area contributed by atoms with Gasteiger partial charge in [-0.15, -0.1) is 0 Å². The number of thioether (sulfide) groups is 2. The highest BCUT2D eigenvalue weighted by molar-refractivity contribution is 8.01. The molecule has 0 aliphatic carbocycles. The lowest BCUT2D eigenvalue weighted by molar-refractivity contribution is -0.140. The van der Waals surface area contributed by atoms with Crippen molar-refractivity contribution in [1.29, 1.82) is 0 Å². The van der Waals surface area contributed by atoms with Crippen molar-refractivity contribution in [3.8, 4) is 0 Å². The molecule has 1 unspecified atom stereocenters.